The smallest absolute Gasteiger partial charge is 0.227 e. The van der Waals surface area contributed by atoms with E-state index in [0.29, 0.717) is 0 Å². The number of fused-ring (bicyclic) bond motifs is 1. The van der Waals surface area contributed by atoms with Crippen LogP contribution in [0.5, 0.6) is 11.5 Å². The molecule has 28 heavy (non-hydrogen) atoms. The lowest BCUT2D eigenvalue weighted by Gasteiger charge is -2.31. The lowest BCUT2D eigenvalue weighted by atomic mass is 9.96. The van der Waals surface area contributed by atoms with Crippen molar-refractivity contribution in [2.75, 3.05) is 37.5 Å². The zero-order valence-electron chi connectivity index (χ0n) is 16.0. The molecule has 1 amide bonds. The Morgan fingerprint density at radius 2 is 1.86 bits per heavy atom. The Balaban J connectivity index is 1.38. The van der Waals surface area contributed by atoms with Gasteiger partial charge in [-0.2, -0.15) is 0 Å². The van der Waals surface area contributed by atoms with Crippen LogP contribution in [0.4, 0.5) is 10.8 Å². The highest BCUT2D eigenvalue weighted by Gasteiger charge is 2.26. The van der Waals surface area contributed by atoms with E-state index in [-0.39, 0.29) is 11.8 Å². The van der Waals surface area contributed by atoms with Gasteiger partial charge in [-0.15, -0.1) is 0 Å². The number of piperidine rings is 1. The van der Waals surface area contributed by atoms with Crippen molar-refractivity contribution in [3.05, 3.63) is 42.5 Å². The first-order valence-electron chi connectivity index (χ1n) is 9.30. The van der Waals surface area contributed by atoms with Crippen molar-refractivity contribution in [3.8, 4) is 11.5 Å². The Morgan fingerprint density at radius 1 is 1.11 bits per heavy atom. The van der Waals surface area contributed by atoms with Gasteiger partial charge in [0.05, 0.1) is 24.4 Å². The highest BCUT2D eigenvalue weighted by Crippen LogP contribution is 2.33. The van der Waals surface area contributed by atoms with Gasteiger partial charge in [-0.3, -0.25) is 4.79 Å². The molecule has 0 spiro atoms. The molecule has 1 aliphatic rings. The number of rotatable bonds is 5. The van der Waals surface area contributed by atoms with Gasteiger partial charge in [0.2, 0.25) is 5.91 Å². The summed E-state index contributed by atoms with van der Waals surface area (Å²) in [4.78, 5) is 19.6. The van der Waals surface area contributed by atoms with Crippen LogP contribution in [0.15, 0.2) is 42.5 Å². The molecule has 4 rings (SSSR count). The monoisotopic (exact) mass is 397 g/mol. The summed E-state index contributed by atoms with van der Waals surface area (Å²) >= 11 is 1.67. The standard InChI is InChI=1S/C21H23N3O3S/c1-26-16-5-3-4-15(12-16)22-20(25)14-8-10-24(11-9-14)21-23-18-7-6-17(27-2)13-19(18)28-21/h3-7,12-14H,8-11H2,1-2H3,(H,22,25). The molecule has 2 aromatic carbocycles. The summed E-state index contributed by atoms with van der Waals surface area (Å²) in [6.07, 6.45) is 1.63. The van der Waals surface area contributed by atoms with Crippen LogP contribution in [-0.4, -0.2) is 38.2 Å². The third-order valence-electron chi connectivity index (χ3n) is 5.06. The minimum absolute atomic E-state index is 0.0110. The van der Waals surface area contributed by atoms with Gasteiger partial charge in [-0.05, 0) is 43.2 Å². The molecule has 7 heteroatoms. The molecular weight excluding hydrogens is 374 g/mol. The van der Waals surface area contributed by atoms with Gasteiger partial charge in [0.1, 0.15) is 11.5 Å². The summed E-state index contributed by atoms with van der Waals surface area (Å²) in [7, 11) is 3.29. The first-order chi connectivity index (χ1) is 13.7. The number of nitrogens with one attached hydrogen (secondary N) is 1. The highest BCUT2D eigenvalue weighted by molar-refractivity contribution is 7.22. The number of anilines is 2. The van der Waals surface area contributed by atoms with E-state index in [1.807, 2.05) is 42.5 Å². The number of hydrogen-bond acceptors (Lipinski definition) is 6. The average Bonchev–Trinajstić information content (AvgIpc) is 3.17. The molecule has 3 aromatic rings. The number of thiazole rings is 1. The van der Waals surface area contributed by atoms with Gasteiger partial charge in [0.25, 0.3) is 0 Å². The number of ether oxygens (including phenoxy) is 2. The van der Waals surface area contributed by atoms with E-state index in [0.717, 1.165) is 58.5 Å². The molecule has 0 bridgehead atoms. The lowest BCUT2D eigenvalue weighted by molar-refractivity contribution is -0.120. The molecule has 1 fully saturated rings. The van der Waals surface area contributed by atoms with Gasteiger partial charge in [-0.25, -0.2) is 4.98 Å². The van der Waals surface area contributed by atoms with Crippen molar-refractivity contribution in [2.24, 2.45) is 5.92 Å². The van der Waals surface area contributed by atoms with Crippen molar-refractivity contribution >= 4 is 38.3 Å². The fraction of sp³-hybridized carbons (Fsp3) is 0.333. The summed E-state index contributed by atoms with van der Waals surface area (Å²) in [6.45, 7) is 1.65. The molecule has 1 aromatic heterocycles. The number of hydrogen-bond donors (Lipinski definition) is 1. The molecule has 6 nitrogen and oxygen atoms in total. The van der Waals surface area contributed by atoms with E-state index >= 15 is 0 Å². The summed E-state index contributed by atoms with van der Waals surface area (Å²) in [6, 6.07) is 13.4. The van der Waals surface area contributed by atoms with Gasteiger partial charge < -0.3 is 19.7 Å². The maximum absolute atomic E-state index is 12.6. The van der Waals surface area contributed by atoms with Gasteiger partial charge in [-0.1, -0.05) is 17.4 Å². The zero-order chi connectivity index (χ0) is 19.5. The molecule has 0 saturated carbocycles. The summed E-state index contributed by atoms with van der Waals surface area (Å²) < 4.78 is 11.6. The third-order valence-corrected chi connectivity index (χ3v) is 6.14. The normalized spacial score (nSPS) is 14.9. The molecule has 1 N–H and O–H groups in total. The molecule has 2 heterocycles. The molecule has 146 valence electrons. The Morgan fingerprint density at radius 3 is 2.61 bits per heavy atom. The Kier molecular flexibility index (Phi) is 5.34. The van der Waals surface area contributed by atoms with Crippen molar-refractivity contribution in [1.29, 1.82) is 0 Å². The van der Waals surface area contributed by atoms with Crippen LogP contribution >= 0.6 is 11.3 Å². The summed E-state index contributed by atoms with van der Waals surface area (Å²) in [5, 5.41) is 4.02. The van der Waals surface area contributed by atoms with Crippen LogP contribution in [-0.2, 0) is 4.79 Å². The van der Waals surface area contributed by atoms with Crippen LogP contribution < -0.4 is 19.7 Å². The SMILES string of the molecule is COc1cccc(NC(=O)C2CCN(c3nc4ccc(OC)cc4s3)CC2)c1. The summed E-state index contributed by atoms with van der Waals surface area (Å²) in [5.74, 6) is 1.66. The Hall–Kier alpha value is -2.80. The fourth-order valence-electron chi connectivity index (χ4n) is 3.43. The number of methoxy groups -OCH3 is 2. The molecule has 0 unspecified atom stereocenters. The Labute approximate surface area is 168 Å². The topological polar surface area (TPSA) is 63.7 Å². The van der Waals surface area contributed by atoms with Crippen LogP contribution in [0.25, 0.3) is 10.2 Å². The Bertz CT molecular complexity index is 980. The minimum Gasteiger partial charge on any atom is -0.497 e. The van der Waals surface area contributed by atoms with Gasteiger partial charge in [0.15, 0.2) is 5.13 Å². The van der Waals surface area contributed by atoms with Gasteiger partial charge in [0, 0.05) is 30.8 Å². The number of amides is 1. The van der Waals surface area contributed by atoms with Crippen molar-refractivity contribution in [3.63, 3.8) is 0 Å². The predicted octanol–water partition coefficient (Wildman–Crippen LogP) is 4.17. The number of benzene rings is 2. The highest BCUT2D eigenvalue weighted by atomic mass is 32.1. The first-order valence-corrected chi connectivity index (χ1v) is 10.1. The first kappa shape index (κ1) is 18.6. The lowest BCUT2D eigenvalue weighted by Crippen LogP contribution is -2.38. The second kappa shape index (κ2) is 8.06. The molecule has 1 saturated heterocycles. The number of carbonyl (C=O) groups is 1. The second-order valence-corrected chi connectivity index (χ2v) is 7.82. The van der Waals surface area contributed by atoms with Crippen molar-refractivity contribution < 1.29 is 14.3 Å². The summed E-state index contributed by atoms with van der Waals surface area (Å²) in [5.41, 5.74) is 1.76. The maximum atomic E-state index is 12.6. The largest absolute Gasteiger partial charge is 0.497 e. The number of carbonyl (C=O) groups excluding carboxylic acids is 1. The van der Waals surface area contributed by atoms with Crippen LogP contribution in [0.3, 0.4) is 0 Å². The zero-order valence-corrected chi connectivity index (χ0v) is 16.8. The van der Waals surface area contributed by atoms with E-state index in [1.54, 1.807) is 25.6 Å². The van der Waals surface area contributed by atoms with E-state index in [9.17, 15) is 4.79 Å². The van der Waals surface area contributed by atoms with E-state index < -0.39 is 0 Å². The molecule has 0 atom stereocenters. The molecule has 0 radical (unpaired) electrons. The molecule has 0 aliphatic carbocycles. The van der Waals surface area contributed by atoms with E-state index in [4.69, 9.17) is 14.5 Å². The third kappa shape index (κ3) is 3.89. The maximum Gasteiger partial charge on any atom is 0.227 e. The fourth-order valence-corrected chi connectivity index (χ4v) is 4.48. The minimum atomic E-state index is 0.0110. The van der Waals surface area contributed by atoms with E-state index in [1.165, 1.54) is 0 Å². The quantitative estimate of drug-likeness (QED) is 0.700. The van der Waals surface area contributed by atoms with E-state index in [2.05, 4.69) is 10.2 Å². The number of aromatic nitrogens is 1. The van der Waals surface area contributed by atoms with Crippen LogP contribution in [0.1, 0.15) is 12.8 Å². The van der Waals surface area contributed by atoms with Crippen molar-refractivity contribution in [2.45, 2.75) is 12.8 Å². The van der Waals surface area contributed by atoms with Gasteiger partial charge >= 0.3 is 0 Å². The van der Waals surface area contributed by atoms with Crippen LogP contribution in [0, 0.1) is 5.92 Å². The average molecular weight is 398 g/mol. The number of nitrogens with zero attached hydrogens (tertiary/aromatic N) is 2. The van der Waals surface area contributed by atoms with Crippen molar-refractivity contribution in [1.82, 2.24) is 4.98 Å². The van der Waals surface area contributed by atoms with Crippen LogP contribution in [0.2, 0.25) is 0 Å². The molecular formula is C21H23N3O3S. The molecule has 1 aliphatic heterocycles. The predicted molar refractivity (Wildman–Crippen MR) is 113 cm³/mol. The second-order valence-electron chi connectivity index (χ2n) is 6.81.